The first-order valence-corrected chi connectivity index (χ1v) is 7.61. The summed E-state index contributed by atoms with van der Waals surface area (Å²) in [6.07, 6.45) is 4.88. The van der Waals surface area contributed by atoms with Gasteiger partial charge >= 0.3 is 0 Å². The smallest absolute Gasteiger partial charge is 0.237 e. The minimum absolute atomic E-state index is 0.0191. The zero-order valence-corrected chi connectivity index (χ0v) is 12.0. The SMILES string of the molecule is CC(C(=O)NCCC1CCCCO1)N1CCNCC1. The van der Waals surface area contributed by atoms with Crippen LogP contribution in [0.2, 0.25) is 0 Å². The molecule has 0 aliphatic carbocycles. The van der Waals surface area contributed by atoms with Crippen LogP contribution in [0.15, 0.2) is 0 Å². The molecule has 19 heavy (non-hydrogen) atoms. The maximum absolute atomic E-state index is 12.1. The molecule has 0 spiro atoms. The van der Waals surface area contributed by atoms with Crippen LogP contribution in [0.3, 0.4) is 0 Å². The molecular weight excluding hydrogens is 242 g/mol. The number of ether oxygens (including phenoxy) is 1. The molecule has 0 bridgehead atoms. The van der Waals surface area contributed by atoms with Gasteiger partial charge in [0.15, 0.2) is 0 Å². The summed E-state index contributed by atoms with van der Waals surface area (Å²) >= 11 is 0. The number of hydrogen-bond donors (Lipinski definition) is 2. The Kier molecular flexibility index (Phi) is 6.07. The van der Waals surface area contributed by atoms with Gasteiger partial charge in [-0.25, -0.2) is 0 Å². The van der Waals surface area contributed by atoms with Crippen molar-refractivity contribution in [3.8, 4) is 0 Å². The van der Waals surface area contributed by atoms with Crippen molar-refractivity contribution in [1.82, 2.24) is 15.5 Å². The summed E-state index contributed by atoms with van der Waals surface area (Å²) in [6.45, 7) is 7.50. The van der Waals surface area contributed by atoms with E-state index < -0.39 is 0 Å². The molecule has 2 unspecified atom stereocenters. The molecule has 2 fully saturated rings. The van der Waals surface area contributed by atoms with Gasteiger partial charge in [0.05, 0.1) is 12.1 Å². The van der Waals surface area contributed by atoms with Gasteiger partial charge in [0.2, 0.25) is 5.91 Å². The molecule has 2 saturated heterocycles. The van der Waals surface area contributed by atoms with E-state index in [9.17, 15) is 4.79 Å². The van der Waals surface area contributed by atoms with E-state index >= 15 is 0 Å². The van der Waals surface area contributed by atoms with Crippen molar-refractivity contribution in [2.75, 3.05) is 39.3 Å². The third kappa shape index (κ3) is 4.75. The van der Waals surface area contributed by atoms with Gasteiger partial charge in [-0.3, -0.25) is 9.69 Å². The predicted molar refractivity (Wildman–Crippen MR) is 75.1 cm³/mol. The minimum Gasteiger partial charge on any atom is -0.378 e. The van der Waals surface area contributed by atoms with Gasteiger partial charge in [-0.05, 0) is 32.6 Å². The van der Waals surface area contributed by atoms with Crippen molar-refractivity contribution in [3.05, 3.63) is 0 Å². The quantitative estimate of drug-likeness (QED) is 0.756. The van der Waals surface area contributed by atoms with E-state index in [1.165, 1.54) is 12.8 Å². The zero-order chi connectivity index (χ0) is 13.5. The predicted octanol–water partition coefficient (Wildman–Crippen LogP) is 0.356. The highest BCUT2D eigenvalue weighted by Gasteiger charge is 2.22. The van der Waals surface area contributed by atoms with Gasteiger partial charge in [0.1, 0.15) is 0 Å². The van der Waals surface area contributed by atoms with Crippen LogP contribution < -0.4 is 10.6 Å². The third-order valence-electron chi connectivity index (χ3n) is 4.12. The van der Waals surface area contributed by atoms with Gasteiger partial charge in [0.25, 0.3) is 0 Å². The summed E-state index contributed by atoms with van der Waals surface area (Å²) < 4.78 is 5.67. The molecule has 0 aromatic rings. The fraction of sp³-hybridized carbons (Fsp3) is 0.929. The molecule has 110 valence electrons. The Morgan fingerprint density at radius 3 is 2.89 bits per heavy atom. The molecule has 0 aromatic carbocycles. The van der Waals surface area contributed by atoms with E-state index in [1.807, 2.05) is 6.92 Å². The normalized spacial score (nSPS) is 26.9. The second-order valence-electron chi connectivity index (χ2n) is 5.53. The average molecular weight is 269 g/mol. The van der Waals surface area contributed by atoms with E-state index in [2.05, 4.69) is 15.5 Å². The Labute approximate surface area is 116 Å². The van der Waals surface area contributed by atoms with E-state index in [-0.39, 0.29) is 11.9 Å². The second kappa shape index (κ2) is 7.82. The molecule has 5 heteroatoms. The Bertz CT molecular complexity index is 274. The number of carbonyl (C=O) groups excluding carboxylic acids is 1. The van der Waals surface area contributed by atoms with Gasteiger partial charge in [0, 0.05) is 39.3 Å². The summed E-state index contributed by atoms with van der Waals surface area (Å²) in [5.41, 5.74) is 0. The molecule has 0 aromatic heterocycles. The number of nitrogens with zero attached hydrogens (tertiary/aromatic N) is 1. The minimum atomic E-state index is -0.0191. The third-order valence-corrected chi connectivity index (χ3v) is 4.12. The van der Waals surface area contributed by atoms with Crippen molar-refractivity contribution < 1.29 is 9.53 Å². The topological polar surface area (TPSA) is 53.6 Å². The lowest BCUT2D eigenvalue weighted by Crippen LogP contribution is -2.52. The van der Waals surface area contributed by atoms with Crippen molar-refractivity contribution in [2.45, 2.75) is 44.8 Å². The van der Waals surface area contributed by atoms with Crippen LogP contribution in [0.5, 0.6) is 0 Å². The summed E-state index contributed by atoms with van der Waals surface area (Å²) in [7, 11) is 0. The van der Waals surface area contributed by atoms with Crippen LogP contribution in [0.1, 0.15) is 32.6 Å². The van der Waals surface area contributed by atoms with Gasteiger partial charge in [-0.15, -0.1) is 0 Å². The number of carbonyl (C=O) groups is 1. The zero-order valence-electron chi connectivity index (χ0n) is 12.0. The molecule has 2 rings (SSSR count). The fourth-order valence-electron chi connectivity index (χ4n) is 2.77. The number of piperazine rings is 1. The van der Waals surface area contributed by atoms with E-state index in [1.54, 1.807) is 0 Å². The molecule has 2 atom stereocenters. The van der Waals surface area contributed by atoms with Crippen LogP contribution >= 0.6 is 0 Å². The highest BCUT2D eigenvalue weighted by atomic mass is 16.5. The Hall–Kier alpha value is -0.650. The molecule has 2 N–H and O–H groups in total. The standard InChI is InChI=1S/C14H27N3O2/c1-12(17-9-7-15-8-10-17)14(18)16-6-5-13-4-2-3-11-19-13/h12-13,15H,2-11H2,1H3,(H,16,18). The highest BCUT2D eigenvalue weighted by Crippen LogP contribution is 2.14. The Morgan fingerprint density at radius 1 is 1.42 bits per heavy atom. The molecule has 2 aliphatic heterocycles. The average Bonchev–Trinajstić information content (AvgIpc) is 2.48. The molecular formula is C14H27N3O2. The molecule has 0 saturated carbocycles. The molecule has 2 aliphatic rings. The molecule has 0 radical (unpaired) electrons. The Morgan fingerprint density at radius 2 is 2.21 bits per heavy atom. The van der Waals surface area contributed by atoms with Crippen LogP contribution in [0.4, 0.5) is 0 Å². The van der Waals surface area contributed by atoms with Crippen molar-refractivity contribution in [3.63, 3.8) is 0 Å². The van der Waals surface area contributed by atoms with E-state index in [0.717, 1.165) is 52.2 Å². The molecule has 2 heterocycles. The second-order valence-corrected chi connectivity index (χ2v) is 5.53. The number of hydrogen-bond acceptors (Lipinski definition) is 4. The summed E-state index contributed by atoms with van der Waals surface area (Å²) in [6, 6.07) is -0.0191. The molecule has 1 amide bonds. The summed E-state index contributed by atoms with van der Waals surface area (Å²) in [5.74, 6) is 0.151. The monoisotopic (exact) mass is 269 g/mol. The lowest BCUT2D eigenvalue weighted by atomic mass is 10.1. The van der Waals surface area contributed by atoms with Gasteiger partial charge in [-0.2, -0.15) is 0 Å². The Balaban J connectivity index is 1.62. The van der Waals surface area contributed by atoms with Crippen molar-refractivity contribution in [2.24, 2.45) is 0 Å². The maximum Gasteiger partial charge on any atom is 0.237 e. The van der Waals surface area contributed by atoms with Gasteiger partial charge < -0.3 is 15.4 Å². The summed E-state index contributed by atoms with van der Waals surface area (Å²) in [5, 5.41) is 6.35. The van der Waals surface area contributed by atoms with E-state index in [0.29, 0.717) is 6.10 Å². The number of amides is 1. The number of nitrogens with one attached hydrogen (secondary N) is 2. The first kappa shape index (κ1) is 14.8. The number of rotatable bonds is 5. The van der Waals surface area contributed by atoms with Crippen molar-refractivity contribution >= 4 is 5.91 Å². The maximum atomic E-state index is 12.1. The molecule has 5 nitrogen and oxygen atoms in total. The lowest BCUT2D eigenvalue weighted by Gasteiger charge is -2.32. The lowest BCUT2D eigenvalue weighted by molar-refractivity contribution is -0.126. The van der Waals surface area contributed by atoms with Crippen LogP contribution in [-0.4, -0.2) is 62.3 Å². The van der Waals surface area contributed by atoms with Crippen LogP contribution in [-0.2, 0) is 9.53 Å². The van der Waals surface area contributed by atoms with Crippen LogP contribution in [0.25, 0.3) is 0 Å². The van der Waals surface area contributed by atoms with Gasteiger partial charge in [-0.1, -0.05) is 0 Å². The fourth-order valence-corrected chi connectivity index (χ4v) is 2.77. The van der Waals surface area contributed by atoms with Crippen molar-refractivity contribution in [1.29, 1.82) is 0 Å². The highest BCUT2D eigenvalue weighted by molar-refractivity contribution is 5.81. The first-order chi connectivity index (χ1) is 9.27. The largest absolute Gasteiger partial charge is 0.378 e. The van der Waals surface area contributed by atoms with Crippen LogP contribution in [0, 0.1) is 0 Å². The van der Waals surface area contributed by atoms with E-state index in [4.69, 9.17) is 4.74 Å². The summed E-state index contributed by atoms with van der Waals surface area (Å²) in [4.78, 5) is 14.3. The first-order valence-electron chi connectivity index (χ1n) is 7.61.